The summed E-state index contributed by atoms with van der Waals surface area (Å²) in [6, 6.07) is 5.41. The number of nitrogens with two attached hydrogens (primary N) is 1. The van der Waals surface area contributed by atoms with Gasteiger partial charge in [0.05, 0.1) is 24.3 Å². The number of halogens is 1. The topological polar surface area (TPSA) is 82.6 Å². The molecule has 1 aliphatic heterocycles. The van der Waals surface area contributed by atoms with Gasteiger partial charge in [0, 0.05) is 24.3 Å². The van der Waals surface area contributed by atoms with E-state index >= 15 is 0 Å². The third kappa shape index (κ3) is 2.75. The molecule has 98 valence electrons. The van der Waals surface area contributed by atoms with E-state index in [0.717, 1.165) is 12.2 Å². The largest absolute Gasteiger partial charge is 0.394 e. The fourth-order valence-electron chi connectivity index (χ4n) is 1.98. The SMILES string of the molecule is N=C(N)c1ccc(N2CCOC(CO)C2)cc1Cl. The van der Waals surface area contributed by atoms with Crippen molar-refractivity contribution in [3.8, 4) is 0 Å². The first kappa shape index (κ1) is 13.1. The fourth-order valence-corrected chi connectivity index (χ4v) is 2.26. The van der Waals surface area contributed by atoms with Crippen LogP contribution in [0.2, 0.25) is 5.02 Å². The summed E-state index contributed by atoms with van der Waals surface area (Å²) in [5.74, 6) is -0.0400. The van der Waals surface area contributed by atoms with Crippen LogP contribution in [0.3, 0.4) is 0 Å². The van der Waals surface area contributed by atoms with Gasteiger partial charge in [0.25, 0.3) is 0 Å². The van der Waals surface area contributed by atoms with Gasteiger partial charge in [-0.1, -0.05) is 11.6 Å². The van der Waals surface area contributed by atoms with Crippen molar-refractivity contribution in [3.05, 3.63) is 28.8 Å². The van der Waals surface area contributed by atoms with Crippen LogP contribution in [0.1, 0.15) is 5.56 Å². The Morgan fingerprint density at radius 2 is 2.39 bits per heavy atom. The Hall–Kier alpha value is -1.30. The number of rotatable bonds is 3. The highest BCUT2D eigenvalue weighted by Gasteiger charge is 2.20. The molecule has 18 heavy (non-hydrogen) atoms. The van der Waals surface area contributed by atoms with Gasteiger partial charge in [0.15, 0.2) is 0 Å². The average Bonchev–Trinajstić information content (AvgIpc) is 2.38. The summed E-state index contributed by atoms with van der Waals surface area (Å²) >= 11 is 6.09. The van der Waals surface area contributed by atoms with Gasteiger partial charge >= 0.3 is 0 Å². The van der Waals surface area contributed by atoms with E-state index < -0.39 is 0 Å². The van der Waals surface area contributed by atoms with Crippen LogP contribution in [0.15, 0.2) is 18.2 Å². The summed E-state index contributed by atoms with van der Waals surface area (Å²) in [5.41, 5.74) is 6.90. The van der Waals surface area contributed by atoms with Gasteiger partial charge in [-0.3, -0.25) is 5.41 Å². The molecule has 2 rings (SSSR count). The minimum absolute atomic E-state index is 0.00968. The van der Waals surface area contributed by atoms with E-state index in [4.69, 9.17) is 32.6 Å². The van der Waals surface area contributed by atoms with Crippen molar-refractivity contribution in [2.75, 3.05) is 31.2 Å². The molecule has 0 aromatic heterocycles. The van der Waals surface area contributed by atoms with Gasteiger partial charge in [-0.15, -0.1) is 0 Å². The second kappa shape index (κ2) is 5.56. The van der Waals surface area contributed by atoms with Crippen molar-refractivity contribution < 1.29 is 9.84 Å². The Bertz CT molecular complexity index is 453. The molecule has 1 fully saturated rings. The zero-order valence-electron chi connectivity index (χ0n) is 9.90. The summed E-state index contributed by atoms with van der Waals surface area (Å²) in [5, 5.41) is 16.9. The predicted molar refractivity (Wildman–Crippen MR) is 71.5 cm³/mol. The molecule has 0 spiro atoms. The minimum atomic E-state index is -0.162. The molecule has 1 aliphatic rings. The molecule has 1 aromatic rings. The van der Waals surface area contributed by atoms with Crippen molar-refractivity contribution in [3.63, 3.8) is 0 Å². The number of anilines is 1. The lowest BCUT2D eigenvalue weighted by Crippen LogP contribution is -2.44. The maximum Gasteiger partial charge on any atom is 0.124 e. The Morgan fingerprint density at radius 3 is 3.00 bits per heavy atom. The van der Waals surface area contributed by atoms with Crippen LogP contribution in [-0.2, 0) is 4.74 Å². The number of aliphatic hydroxyl groups is 1. The molecule has 1 unspecified atom stereocenters. The van der Waals surface area contributed by atoms with E-state index in [1.54, 1.807) is 12.1 Å². The zero-order valence-corrected chi connectivity index (χ0v) is 10.7. The number of aliphatic hydroxyl groups excluding tert-OH is 1. The summed E-state index contributed by atoms with van der Waals surface area (Å²) in [7, 11) is 0. The summed E-state index contributed by atoms with van der Waals surface area (Å²) in [6.07, 6.45) is -0.162. The third-order valence-corrected chi connectivity index (χ3v) is 3.26. The molecule has 0 amide bonds. The Labute approximate surface area is 111 Å². The molecule has 1 saturated heterocycles. The minimum Gasteiger partial charge on any atom is -0.394 e. The highest BCUT2D eigenvalue weighted by molar-refractivity contribution is 6.34. The van der Waals surface area contributed by atoms with Crippen LogP contribution in [0.4, 0.5) is 5.69 Å². The number of nitrogens with one attached hydrogen (secondary N) is 1. The highest BCUT2D eigenvalue weighted by Crippen LogP contribution is 2.24. The van der Waals surface area contributed by atoms with Gasteiger partial charge in [0.1, 0.15) is 5.84 Å². The monoisotopic (exact) mass is 269 g/mol. The van der Waals surface area contributed by atoms with Crippen LogP contribution < -0.4 is 10.6 Å². The molecule has 1 heterocycles. The van der Waals surface area contributed by atoms with Crippen molar-refractivity contribution >= 4 is 23.1 Å². The average molecular weight is 270 g/mol. The number of benzene rings is 1. The molecular formula is C12H16ClN3O2. The van der Waals surface area contributed by atoms with Gasteiger partial charge in [-0.25, -0.2) is 0 Å². The van der Waals surface area contributed by atoms with Crippen molar-refractivity contribution in [2.45, 2.75) is 6.10 Å². The van der Waals surface area contributed by atoms with Gasteiger partial charge in [0.2, 0.25) is 0 Å². The molecule has 0 aliphatic carbocycles. The summed E-state index contributed by atoms with van der Waals surface area (Å²) in [6.45, 7) is 1.98. The Balaban J connectivity index is 2.18. The molecule has 1 aromatic carbocycles. The third-order valence-electron chi connectivity index (χ3n) is 2.95. The van der Waals surface area contributed by atoms with Crippen LogP contribution >= 0.6 is 11.6 Å². The molecule has 0 radical (unpaired) electrons. The fraction of sp³-hybridized carbons (Fsp3) is 0.417. The normalized spacial score (nSPS) is 19.9. The lowest BCUT2D eigenvalue weighted by Gasteiger charge is -2.33. The van der Waals surface area contributed by atoms with E-state index in [2.05, 4.69) is 4.90 Å². The first-order chi connectivity index (χ1) is 8.61. The van der Waals surface area contributed by atoms with Crippen molar-refractivity contribution in [1.29, 1.82) is 5.41 Å². The van der Waals surface area contributed by atoms with E-state index in [0.29, 0.717) is 23.7 Å². The maximum absolute atomic E-state index is 9.10. The van der Waals surface area contributed by atoms with E-state index in [1.807, 2.05) is 6.07 Å². The van der Waals surface area contributed by atoms with Crippen LogP contribution in [0.25, 0.3) is 0 Å². The van der Waals surface area contributed by atoms with Crippen LogP contribution in [-0.4, -0.2) is 43.3 Å². The number of ether oxygens (including phenoxy) is 1. The number of nitrogen functional groups attached to an aromatic ring is 1. The van der Waals surface area contributed by atoms with Gasteiger partial charge < -0.3 is 20.5 Å². The number of nitrogens with zero attached hydrogens (tertiary/aromatic N) is 1. The van der Waals surface area contributed by atoms with Gasteiger partial charge in [-0.2, -0.15) is 0 Å². The van der Waals surface area contributed by atoms with E-state index in [-0.39, 0.29) is 18.5 Å². The number of hydrogen-bond acceptors (Lipinski definition) is 4. The zero-order chi connectivity index (χ0) is 13.1. The summed E-state index contributed by atoms with van der Waals surface area (Å²) in [4.78, 5) is 2.10. The predicted octanol–water partition coefficient (Wildman–Crippen LogP) is 0.822. The highest BCUT2D eigenvalue weighted by atomic mass is 35.5. The number of morpholine rings is 1. The van der Waals surface area contributed by atoms with Gasteiger partial charge in [-0.05, 0) is 18.2 Å². The standard InChI is InChI=1S/C12H16ClN3O2/c13-11-5-8(1-2-10(11)12(14)15)16-3-4-18-9(6-16)7-17/h1-2,5,9,17H,3-4,6-7H2,(H3,14,15). The second-order valence-corrected chi connectivity index (χ2v) is 4.61. The number of hydrogen-bond donors (Lipinski definition) is 3. The van der Waals surface area contributed by atoms with Crippen LogP contribution in [0, 0.1) is 5.41 Å². The lowest BCUT2D eigenvalue weighted by atomic mass is 10.1. The summed E-state index contributed by atoms with van der Waals surface area (Å²) < 4.78 is 5.39. The van der Waals surface area contributed by atoms with E-state index in [1.165, 1.54) is 0 Å². The lowest BCUT2D eigenvalue weighted by molar-refractivity contribution is 0.00357. The second-order valence-electron chi connectivity index (χ2n) is 4.20. The van der Waals surface area contributed by atoms with Crippen LogP contribution in [0.5, 0.6) is 0 Å². The first-order valence-corrected chi connectivity index (χ1v) is 6.11. The van der Waals surface area contributed by atoms with E-state index in [9.17, 15) is 0 Å². The van der Waals surface area contributed by atoms with Crippen molar-refractivity contribution in [2.24, 2.45) is 5.73 Å². The smallest absolute Gasteiger partial charge is 0.124 e. The molecule has 4 N–H and O–H groups in total. The molecule has 0 bridgehead atoms. The molecular weight excluding hydrogens is 254 g/mol. The quantitative estimate of drug-likeness (QED) is 0.560. The molecule has 0 saturated carbocycles. The number of amidine groups is 1. The molecule has 1 atom stereocenters. The van der Waals surface area contributed by atoms with Crippen molar-refractivity contribution in [1.82, 2.24) is 0 Å². The Morgan fingerprint density at radius 1 is 1.61 bits per heavy atom. The molecule has 5 nitrogen and oxygen atoms in total. The Kier molecular flexibility index (Phi) is 4.06. The molecule has 6 heteroatoms. The maximum atomic E-state index is 9.10. The first-order valence-electron chi connectivity index (χ1n) is 5.73.